The molecule has 138 valence electrons. The first-order chi connectivity index (χ1) is 13.6. The van der Waals surface area contributed by atoms with Crippen molar-refractivity contribution in [3.05, 3.63) is 88.3 Å². The third-order valence-corrected chi connectivity index (χ3v) is 5.75. The van der Waals surface area contributed by atoms with Crippen molar-refractivity contribution in [1.29, 1.82) is 0 Å². The number of fused-ring (bicyclic) bond motifs is 3. The number of benzene rings is 2. The summed E-state index contributed by atoms with van der Waals surface area (Å²) in [6.07, 6.45) is 2.95. The molecule has 4 aromatic rings. The predicted octanol–water partition coefficient (Wildman–Crippen LogP) is 5.27. The highest BCUT2D eigenvalue weighted by Crippen LogP contribution is 2.35. The number of ketones is 1. The molecule has 1 aliphatic carbocycles. The first-order valence-corrected chi connectivity index (χ1v) is 9.71. The summed E-state index contributed by atoms with van der Waals surface area (Å²) < 4.78 is 1.87. The molecule has 2 aromatic carbocycles. The largest absolute Gasteiger partial charge is 0.294 e. The van der Waals surface area contributed by atoms with Crippen molar-refractivity contribution in [1.82, 2.24) is 14.6 Å². The van der Waals surface area contributed by atoms with Crippen molar-refractivity contribution >= 4 is 23.0 Å². The van der Waals surface area contributed by atoms with Gasteiger partial charge in [0.05, 0.1) is 17.0 Å². The number of aryl methyl sites for hydroxylation is 1. The Morgan fingerprint density at radius 2 is 1.79 bits per heavy atom. The average molecular weight is 388 g/mol. The molecule has 2 heterocycles. The van der Waals surface area contributed by atoms with Gasteiger partial charge in [0, 0.05) is 23.2 Å². The number of rotatable bonds is 2. The molecule has 0 N–H and O–H groups in total. The number of hydrogen-bond donors (Lipinski definition) is 0. The lowest BCUT2D eigenvalue weighted by Crippen LogP contribution is -2.22. The number of aromatic nitrogens is 3. The first kappa shape index (κ1) is 17.1. The Kier molecular flexibility index (Phi) is 4.02. The molecule has 0 saturated heterocycles. The summed E-state index contributed by atoms with van der Waals surface area (Å²) in [6.45, 7) is 1.99. The molecule has 0 unspecified atom stereocenters. The third kappa shape index (κ3) is 2.72. The van der Waals surface area contributed by atoms with Crippen LogP contribution < -0.4 is 0 Å². The summed E-state index contributed by atoms with van der Waals surface area (Å²) in [5, 5.41) is 5.46. The summed E-state index contributed by atoms with van der Waals surface area (Å²) in [4.78, 5) is 17.4. The Bertz CT molecular complexity index is 1200. The number of Topliss-reactive ketones (excluding diaryl/α,β-unsaturated/α-hetero) is 1. The molecule has 0 bridgehead atoms. The van der Waals surface area contributed by atoms with Gasteiger partial charge in [0.1, 0.15) is 0 Å². The zero-order valence-electron chi connectivity index (χ0n) is 15.4. The lowest BCUT2D eigenvalue weighted by atomic mass is 9.82. The highest BCUT2D eigenvalue weighted by molar-refractivity contribution is 6.30. The van der Waals surface area contributed by atoms with Crippen molar-refractivity contribution in [2.45, 2.75) is 25.7 Å². The minimum atomic E-state index is 0.116. The van der Waals surface area contributed by atoms with Gasteiger partial charge < -0.3 is 0 Å². The molecule has 4 nitrogen and oxygen atoms in total. The van der Waals surface area contributed by atoms with Crippen LogP contribution in [0.5, 0.6) is 0 Å². The second-order valence-electron chi connectivity index (χ2n) is 7.26. The van der Waals surface area contributed by atoms with Crippen LogP contribution in [0.3, 0.4) is 0 Å². The van der Waals surface area contributed by atoms with Gasteiger partial charge in [-0.3, -0.25) is 4.79 Å². The van der Waals surface area contributed by atoms with Crippen LogP contribution in [0.4, 0.5) is 0 Å². The van der Waals surface area contributed by atoms with Gasteiger partial charge in [0.25, 0.3) is 0 Å². The number of carbonyl (C=O) groups is 1. The van der Waals surface area contributed by atoms with Gasteiger partial charge >= 0.3 is 0 Å². The average Bonchev–Trinajstić information content (AvgIpc) is 3.05. The van der Waals surface area contributed by atoms with Crippen molar-refractivity contribution in [2.75, 3.05) is 0 Å². The molecule has 0 aliphatic heterocycles. The van der Waals surface area contributed by atoms with Crippen LogP contribution in [-0.2, 0) is 6.42 Å². The van der Waals surface area contributed by atoms with Crippen LogP contribution >= 0.6 is 11.6 Å². The van der Waals surface area contributed by atoms with E-state index in [1.807, 2.05) is 53.9 Å². The highest BCUT2D eigenvalue weighted by Gasteiger charge is 2.30. The van der Waals surface area contributed by atoms with Gasteiger partial charge in [-0.05, 0) is 42.5 Å². The quantitative estimate of drug-likeness (QED) is 0.470. The van der Waals surface area contributed by atoms with E-state index in [2.05, 4.69) is 17.1 Å². The smallest absolute Gasteiger partial charge is 0.166 e. The fourth-order valence-corrected chi connectivity index (χ4v) is 4.24. The second-order valence-corrected chi connectivity index (χ2v) is 7.70. The fraction of sp³-hybridized carbons (Fsp3) is 0.174. The maximum atomic E-state index is 12.8. The molecule has 0 saturated carbocycles. The van der Waals surface area contributed by atoms with Crippen LogP contribution in [-0.4, -0.2) is 20.4 Å². The Morgan fingerprint density at radius 3 is 2.54 bits per heavy atom. The van der Waals surface area contributed by atoms with E-state index in [1.165, 1.54) is 0 Å². The minimum absolute atomic E-state index is 0.116. The second kappa shape index (κ2) is 6.57. The normalized spacial score (nSPS) is 16.4. The maximum Gasteiger partial charge on any atom is 0.166 e. The summed E-state index contributed by atoms with van der Waals surface area (Å²) >= 11 is 6.03. The molecule has 0 radical (unpaired) electrons. The van der Waals surface area contributed by atoms with E-state index < -0.39 is 0 Å². The first-order valence-electron chi connectivity index (χ1n) is 9.33. The van der Waals surface area contributed by atoms with Crippen LogP contribution in [0.2, 0.25) is 5.02 Å². The summed E-state index contributed by atoms with van der Waals surface area (Å²) in [7, 11) is 0. The van der Waals surface area contributed by atoms with Crippen molar-refractivity contribution in [3.8, 4) is 11.1 Å². The van der Waals surface area contributed by atoms with Crippen LogP contribution in [0, 0.1) is 6.92 Å². The van der Waals surface area contributed by atoms with E-state index in [-0.39, 0.29) is 11.7 Å². The maximum absolute atomic E-state index is 12.8. The molecular weight excluding hydrogens is 370 g/mol. The number of nitrogens with zero attached hydrogens (tertiary/aromatic N) is 3. The Hall–Kier alpha value is -2.98. The van der Waals surface area contributed by atoms with E-state index in [1.54, 1.807) is 6.20 Å². The molecule has 5 heteroatoms. The molecule has 0 fully saturated rings. The summed E-state index contributed by atoms with van der Waals surface area (Å²) in [5.74, 6) is 0.234. The van der Waals surface area contributed by atoms with Gasteiger partial charge in [-0.2, -0.15) is 5.10 Å². The Morgan fingerprint density at radius 1 is 1.04 bits per heavy atom. The van der Waals surface area contributed by atoms with Gasteiger partial charge in [0.2, 0.25) is 0 Å². The molecule has 2 aromatic heterocycles. The summed E-state index contributed by atoms with van der Waals surface area (Å²) in [5.41, 5.74) is 6.55. The minimum Gasteiger partial charge on any atom is -0.294 e. The highest BCUT2D eigenvalue weighted by atomic mass is 35.5. The van der Waals surface area contributed by atoms with Crippen LogP contribution in [0.1, 0.15) is 39.6 Å². The van der Waals surface area contributed by atoms with E-state index in [0.717, 1.165) is 40.1 Å². The van der Waals surface area contributed by atoms with E-state index in [4.69, 9.17) is 16.7 Å². The molecule has 0 amide bonds. The van der Waals surface area contributed by atoms with Gasteiger partial charge in [-0.15, -0.1) is 0 Å². The zero-order chi connectivity index (χ0) is 19.3. The molecule has 0 spiro atoms. The summed E-state index contributed by atoms with van der Waals surface area (Å²) in [6, 6.07) is 17.9. The monoisotopic (exact) mass is 387 g/mol. The predicted molar refractivity (Wildman–Crippen MR) is 110 cm³/mol. The van der Waals surface area contributed by atoms with E-state index in [0.29, 0.717) is 17.0 Å². The fourth-order valence-electron chi connectivity index (χ4n) is 4.12. The lowest BCUT2D eigenvalue weighted by molar-refractivity contribution is 0.0962. The number of halogens is 1. The van der Waals surface area contributed by atoms with Crippen LogP contribution in [0.25, 0.3) is 16.8 Å². The Labute approximate surface area is 167 Å². The number of hydrogen-bond acceptors (Lipinski definition) is 3. The van der Waals surface area contributed by atoms with Crippen LogP contribution in [0.15, 0.2) is 60.8 Å². The Balaban J connectivity index is 1.66. The van der Waals surface area contributed by atoms with E-state index in [9.17, 15) is 4.79 Å². The molecule has 28 heavy (non-hydrogen) atoms. The third-order valence-electron chi connectivity index (χ3n) is 5.49. The lowest BCUT2D eigenvalue weighted by Gasteiger charge is -2.24. The van der Waals surface area contributed by atoms with E-state index >= 15 is 0 Å². The molecule has 5 rings (SSSR count). The van der Waals surface area contributed by atoms with Crippen molar-refractivity contribution in [2.24, 2.45) is 0 Å². The van der Waals surface area contributed by atoms with Gasteiger partial charge in [-0.25, -0.2) is 9.50 Å². The topological polar surface area (TPSA) is 47.3 Å². The van der Waals surface area contributed by atoms with Crippen molar-refractivity contribution in [3.63, 3.8) is 0 Å². The van der Waals surface area contributed by atoms with Crippen molar-refractivity contribution < 1.29 is 4.79 Å². The molecule has 1 atom stereocenters. The van der Waals surface area contributed by atoms with Gasteiger partial charge in [-0.1, -0.05) is 54.1 Å². The molecular formula is C23H18ClN3O. The van der Waals surface area contributed by atoms with Gasteiger partial charge in [0.15, 0.2) is 11.4 Å². The SMILES string of the molecule is Cc1nn2c3c(cnc2c1-c1ccccc1)C(=O)C[C@@H](c1ccc(Cl)cc1)C3. The standard InChI is InChI=1S/C23H18ClN3O/c1-14-22(16-5-3-2-4-6-16)23-25-13-19-20(27(23)26-14)11-17(12-21(19)28)15-7-9-18(24)10-8-15/h2-10,13,17H,11-12H2,1H3/t17-/m0/s1. The number of carbonyl (C=O) groups excluding carboxylic acids is 1. The molecule has 1 aliphatic rings. The zero-order valence-corrected chi connectivity index (χ0v) is 16.1.